The van der Waals surface area contributed by atoms with Crippen LogP contribution in [-0.4, -0.2) is 36.8 Å². The van der Waals surface area contributed by atoms with Crippen molar-refractivity contribution < 1.29 is 21.6 Å². The lowest BCUT2D eigenvalue weighted by Gasteiger charge is -2.26. The minimum atomic E-state index is -3.72. The molecule has 2 N–H and O–H groups in total. The van der Waals surface area contributed by atoms with E-state index >= 15 is 0 Å². The molecule has 0 unspecified atom stereocenters. The standard InChI is InChI=1S/C21H21N3O5S4/c1-22-32(26,27)15-8-10-17(19(30)12-15)24(21(25)14-6-4-3-5-7-14)18-11-9-16(13-20(18)31)33(28,29)23-2/h3-13,22-23,30-31H,1-2H3. The number of nitrogens with zero attached hydrogens (tertiary/aromatic N) is 1. The van der Waals surface area contributed by atoms with Crippen molar-refractivity contribution in [3.05, 3.63) is 72.3 Å². The number of anilines is 2. The topological polar surface area (TPSA) is 113 Å². The van der Waals surface area contributed by atoms with Crippen LogP contribution in [0.2, 0.25) is 0 Å². The smallest absolute Gasteiger partial charge is 0.262 e. The van der Waals surface area contributed by atoms with Crippen LogP contribution in [0.25, 0.3) is 0 Å². The van der Waals surface area contributed by atoms with E-state index in [0.717, 1.165) is 0 Å². The highest BCUT2D eigenvalue weighted by Crippen LogP contribution is 2.37. The van der Waals surface area contributed by atoms with Crippen LogP contribution in [0.1, 0.15) is 10.4 Å². The normalized spacial score (nSPS) is 11.9. The number of amides is 1. The molecule has 8 nitrogen and oxygen atoms in total. The second-order valence-corrected chi connectivity index (χ2v) is 11.5. The minimum Gasteiger partial charge on any atom is -0.275 e. The molecule has 0 bridgehead atoms. The first-order valence-electron chi connectivity index (χ1n) is 9.44. The summed E-state index contributed by atoms with van der Waals surface area (Å²) in [4.78, 5) is 15.2. The first kappa shape index (κ1) is 25.3. The number of nitrogens with one attached hydrogen (secondary N) is 2. The molecule has 3 rings (SSSR count). The molecule has 0 aliphatic rings. The second kappa shape index (κ2) is 9.87. The summed E-state index contributed by atoms with van der Waals surface area (Å²) in [7, 11) is -4.86. The maximum absolute atomic E-state index is 13.5. The van der Waals surface area contributed by atoms with Gasteiger partial charge in [0, 0.05) is 15.4 Å². The summed E-state index contributed by atoms with van der Waals surface area (Å²) in [5.41, 5.74) is 0.945. The molecule has 0 aliphatic heterocycles. The molecule has 0 fully saturated rings. The van der Waals surface area contributed by atoms with Crippen molar-refractivity contribution >= 4 is 62.6 Å². The van der Waals surface area contributed by atoms with Gasteiger partial charge in [0.2, 0.25) is 20.0 Å². The van der Waals surface area contributed by atoms with Crippen molar-refractivity contribution in [2.75, 3.05) is 19.0 Å². The van der Waals surface area contributed by atoms with E-state index in [0.29, 0.717) is 16.9 Å². The Morgan fingerprint density at radius 1 is 0.727 bits per heavy atom. The van der Waals surface area contributed by atoms with Gasteiger partial charge >= 0.3 is 0 Å². The van der Waals surface area contributed by atoms with Crippen LogP contribution in [0, 0.1) is 0 Å². The highest BCUT2D eigenvalue weighted by Gasteiger charge is 2.26. The number of sulfonamides is 2. The van der Waals surface area contributed by atoms with Crippen molar-refractivity contribution in [2.45, 2.75) is 19.6 Å². The van der Waals surface area contributed by atoms with Gasteiger partial charge in [0.15, 0.2) is 0 Å². The Bertz CT molecular complexity index is 1330. The Labute approximate surface area is 203 Å². The summed E-state index contributed by atoms with van der Waals surface area (Å²) in [5.74, 6) is -0.436. The zero-order chi connectivity index (χ0) is 24.4. The molecule has 0 heterocycles. The third-order valence-electron chi connectivity index (χ3n) is 4.76. The van der Waals surface area contributed by atoms with Crippen LogP contribution in [0.4, 0.5) is 11.4 Å². The maximum Gasteiger partial charge on any atom is 0.262 e. The minimum absolute atomic E-state index is 0.0209. The summed E-state index contributed by atoms with van der Waals surface area (Å²) in [5, 5.41) is 0. The number of hydrogen-bond acceptors (Lipinski definition) is 7. The van der Waals surface area contributed by atoms with Gasteiger partial charge in [0.05, 0.1) is 21.2 Å². The largest absolute Gasteiger partial charge is 0.275 e. The number of rotatable bonds is 7. The first-order chi connectivity index (χ1) is 15.5. The van der Waals surface area contributed by atoms with Gasteiger partial charge in [-0.05, 0) is 62.6 Å². The van der Waals surface area contributed by atoms with Gasteiger partial charge in [-0.3, -0.25) is 9.69 Å². The van der Waals surface area contributed by atoms with E-state index in [1.807, 2.05) is 0 Å². The Morgan fingerprint density at radius 2 is 1.15 bits per heavy atom. The van der Waals surface area contributed by atoms with E-state index in [2.05, 4.69) is 34.7 Å². The number of thiol groups is 2. The van der Waals surface area contributed by atoms with Gasteiger partial charge in [0.25, 0.3) is 5.91 Å². The van der Waals surface area contributed by atoms with E-state index in [-0.39, 0.29) is 19.6 Å². The van der Waals surface area contributed by atoms with Crippen LogP contribution in [-0.2, 0) is 20.0 Å². The lowest BCUT2D eigenvalue weighted by atomic mass is 10.1. The van der Waals surface area contributed by atoms with Crippen LogP contribution in [0.3, 0.4) is 0 Å². The molecule has 0 radical (unpaired) electrons. The van der Waals surface area contributed by atoms with Gasteiger partial charge in [-0.15, -0.1) is 25.3 Å². The summed E-state index contributed by atoms with van der Waals surface area (Å²) in [6.45, 7) is 0. The second-order valence-electron chi connectivity index (χ2n) is 6.72. The average Bonchev–Trinajstić information content (AvgIpc) is 2.81. The predicted octanol–water partition coefficient (Wildman–Crippen LogP) is 3.06. The lowest BCUT2D eigenvalue weighted by molar-refractivity contribution is 0.0998. The third kappa shape index (κ3) is 5.26. The molecule has 0 atom stereocenters. The van der Waals surface area contributed by atoms with E-state index in [1.54, 1.807) is 30.3 Å². The van der Waals surface area contributed by atoms with Crippen LogP contribution in [0.5, 0.6) is 0 Å². The van der Waals surface area contributed by atoms with E-state index < -0.39 is 26.0 Å². The summed E-state index contributed by atoms with van der Waals surface area (Å²) in [6.07, 6.45) is 0. The van der Waals surface area contributed by atoms with Crippen molar-refractivity contribution in [3.63, 3.8) is 0 Å². The molecular formula is C21H21N3O5S4. The van der Waals surface area contributed by atoms with Gasteiger partial charge in [-0.2, -0.15) is 0 Å². The van der Waals surface area contributed by atoms with Gasteiger partial charge in [-0.1, -0.05) is 18.2 Å². The summed E-state index contributed by atoms with van der Waals surface area (Å²) in [6, 6.07) is 16.7. The number of hydrogen-bond donors (Lipinski definition) is 4. The molecule has 3 aromatic rings. The van der Waals surface area contributed by atoms with Crippen LogP contribution >= 0.6 is 25.3 Å². The molecular weight excluding hydrogens is 503 g/mol. The highest BCUT2D eigenvalue weighted by molar-refractivity contribution is 7.89. The van der Waals surface area contributed by atoms with Gasteiger partial charge < -0.3 is 0 Å². The molecule has 0 saturated heterocycles. The monoisotopic (exact) mass is 523 g/mol. The number of carbonyl (C=O) groups excluding carboxylic acids is 1. The fraction of sp³-hybridized carbons (Fsp3) is 0.0952. The molecule has 1 amide bonds. The Balaban J connectivity index is 2.22. The number of carbonyl (C=O) groups is 1. The van der Waals surface area contributed by atoms with Gasteiger partial charge in [0.1, 0.15) is 0 Å². The first-order valence-corrected chi connectivity index (χ1v) is 13.3. The molecule has 174 valence electrons. The molecule has 33 heavy (non-hydrogen) atoms. The fourth-order valence-corrected chi connectivity index (χ4v) is 5.33. The summed E-state index contributed by atoms with van der Waals surface area (Å²) >= 11 is 8.87. The van der Waals surface area contributed by atoms with E-state index in [9.17, 15) is 21.6 Å². The van der Waals surface area contributed by atoms with Crippen molar-refractivity contribution in [1.82, 2.24) is 9.44 Å². The molecule has 0 aromatic heterocycles. The Hall–Kier alpha value is -2.35. The average molecular weight is 524 g/mol. The predicted molar refractivity (Wildman–Crippen MR) is 133 cm³/mol. The number of benzene rings is 3. The van der Waals surface area contributed by atoms with Crippen LogP contribution in [0.15, 0.2) is 86.3 Å². The molecule has 0 aliphatic carbocycles. The van der Waals surface area contributed by atoms with Crippen molar-refractivity contribution in [3.8, 4) is 0 Å². The van der Waals surface area contributed by atoms with E-state index in [1.165, 1.54) is 55.4 Å². The molecule has 3 aromatic carbocycles. The zero-order valence-corrected chi connectivity index (χ0v) is 21.0. The maximum atomic E-state index is 13.5. The Morgan fingerprint density at radius 3 is 1.52 bits per heavy atom. The fourth-order valence-electron chi connectivity index (χ4n) is 3.01. The molecule has 0 spiro atoms. The quantitative estimate of drug-likeness (QED) is 0.356. The SMILES string of the molecule is CNS(=O)(=O)c1ccc(N(C(=O)c2ccccc2)c2ccc(S(=O)(=O)NC)cc2S)c(S)c1. The third-order valence-corrected chi connectivity index (χ3v) is 8.30. The van der Waals surface area contributed by atoms with E-state index in [4.69, 9.17) is 0 Å². The Kier molecular flexibility index (Phi) is 7.56. The highest BCUT2D eigenvalue weighted by atomic mass is 32.2. The molecule has 0 saturated carbocycles. The van der Waals surface area contributed by atoms with Gasteiger partial charge in [-0.25, -0.2) is 26.3 Å². The van der Waals surface area contributed by atoms with Crippen molar-refractivity contribution in [2.24, 2.45) is 0 Å². The van der Waals surface area contributed by atoms with Crippen molar-refractivity contribution in [1.29, 1.82) is 0 Å². The van der Waals surface area contributed by atoms with Crippen LogP contribution < -0.4 is 14.3 Å². The molecule has 12 heteroatoms. The summed E-state index contributed by atoms with van der Waals surface area (Å²) < 4.78 is 53.2. The lowest BCUT2D eigenvalue weighted by Crippen LogP contribution is -2.27. The zero-order valence-electron chi connectivity index (χ0n) is 17.6.